The van der Waals surface area contributed by atoms with Crippen LogP contribution in [0.15, 0.2) is 23.2 Å². The molecule has 0 aromatic heterocycles. The van der Waals surface area contributed by atoms with Crippen molar-refractivity contribution in [2.24, 2.45) is 4.99 Å². The van der Waals surface area contributed by atoms with Crippen molar-refractivity contribution in [3.8, 4) is 0 Å². The van der Waals surface area contributed by atoms with Crippen LogP contribution in [0.5, 0.6) is 0 Å². The fourth-order valence-electron chi connectivity index (χ4n) is 0.937. The van der Waals surface area contributed by atoms with Gasteiger partial charge in [0.1, 0.15) is 11.0 Å². The van der Waals surface area contributed by atoms with Crippen molar-refractivity contribution in [3.05, 3.63) is 35.1 Å². The van der Waals surface area contributed by atoms with E-state index < -0.39 is 0 Å². The average molecular weight is 186 g/mol. The van der Waals surface area contributed by atoms with E-state index in [1.807, 2.05) is 6.92 Å². The van der Waals surface area contributed by atoms with Gasteiger partial charge in [-0.1, -0.05) is 17.7 Å². The number of rotatable bonds is 1. The SMILES string of the molecule is CN=C(Cl)c1cc(F)ccc1C. The summed E-state index contributed by atoms with van der Waals surface area (Å²) in [6.07, 6.45) is 0. The van der Waals surface area contributed by atoms with Gasteiger partial charge >= 0.3 is 0 Å². The lowest BCUT2D eigenvalue weighted by molar-refractivity contribution is 0.627. The number of aryl methyl sites for hydroxylation is 1. The largest absolute Gasteiger partial charge is 0.276 e. The Balaban J connectivity index is 3.23. The highest BCUT2D eigenvalue weighted by Crippen LogP contribution is 2.13. The minimum atomic E-state index is -0.294. The summed E-state index contributed by atoms with van der Waals surface area (Å²) in [7, 11) is 1.58. The maximum absolute atomic E-state index is 12.7. The Labute approximate surface area is 75.9 Å². The molecule has 0 aliphatic heterocycles. The van der Waals surface area contributed by atoms with Crippen LogP contribution in [0, 0.1) is 12.7 Å². The summed E-state index contributed by atoms with van der Waals surface area (Å²) in [6.45, 7) is 1.86. The predicted molar refractivity (Wildman–Crippen MR) is 49.5 cm³/mol. The van der Waals surface area contributed by atoms with Gasteiger partial charge < -0.3 is 0 Å². The number of hydrogen-bond donors (Lipinski definition) is 0. The molecule has 12 heavy (non-hydrogen) atoms. The van der Waals surface area contributed by atoms with E-state index in [-0.39, 0.29) is 5.82 Å². The minimum Gasteiger partial charge on any atom is -0.276 e. The van der Waals surface area contributed by atoms with Crippen LogP contribution in [0.1, 0.15) is 11.1 Å². The van der Waals surface area contributed by atoms with Crippen LogP contribution >= 0.6 is 11.6 Å². The van der Waals surface area contributed by atoms with Gasteiger partial charge in [0.25, 0.3) is 0 Å². The van der Waals surface area contributed by atoms with E-state index in [9.17, 15) is 4.39 Å². The molecule has 0 radical (unpaired) electrons. The number of nitrogens with zero attached hydrogens (tertiary/aromatic N) is 1. The lowest BCUT2D eigenvalue weighted by atomic mass is 10.1. The Hall–Kier alpha value is -0.890. The van der Waals surface area contributed by atoms with Crippen LogP contribution in [0.2, 0.25) is 0 Å². The quantitative estimate of drug-likeness (QED) is 0.597. The molecule has 0 saturated heterocycles. The zero-order chi connectivity index (χ0) is 9.14. The molecule has 3 heteroatoms. The highest BCUT2D eigenvalue weighted by Gasteiger charge is 2.03. The first kappa shape index (κ1) is 9.20. The summed E-state index contributed by atoms with van der Waals surface area (Å²) in [5.74, 6) is -0.294. The molecule has 0 heterocycles. The van der Waals surface area contributed by atoms with E-state index in [4.69, 9.17) is 11.6 Å². The van der Waals surface area contributed by atoms with Gasteiger partial charge in [-0.15, -0.1) is 0 Å². The van der Waals surface area contributed by atoms with Gasteiger partial charge in [-0.25, -0.2) is 4.39 Å². The molecule has 64 valence electrons. The highest BCUT2D eigenvalue weighted by molar-refractivity contribution is 6.69. The van der Waals surface area contributed by atoms with E-state index >= 15 is 0 Å². The Morgan fingerprint density at radius 1 is 1.50 bits per heavy atom. The molecule has 0 unspecified atom stereocenters. The maximum Gasteiger partial charge on any atom is 0.130 e. The first-order chi connectivity index (χ1) is 5.65. The topological polar surface area (TPSA) is 12.4 Å². The second kappa shape index (κ2) is 3.68. The molecule has 0 aliphatic carbocycles. The number of benzene rings is 1. The molecule has 0 spiro atoms. The van der Waals surface area contributed by atoms with Crippen LogP contribution in [0.4, 0.5) is 4.39 Å². The zero-order valence-corrected chi connectivity index (χ0v) is 7.69. The van der Waals surface area contributed by atoms with Crippen LogP contribution < -0.4 is 0 Å². The molecule has 0 amide bonds. The van der Waals surface area contributed by atoms with Gasteiger partial charge in [0.15, 0.2) is 0 Å². The molecule has 0 fully saturated rings. The minimum absolute atomic E-state index is 0.294. The molecule has 0 N–H and O–H groups in total. The zero-order valence-electron chi connectivity index (χ0n) is 6.94. The number of hydrogen-bond acceptors (Lipinski definition) is 1. The average Bonchev–Trinajstić information content (AvgIpc) is 2.08. The normalized spacial score (nSPS) is 11.8. The van der Waals surface area contributed by atoms with Gasteiger partial charge in [0, 0.05) is 12.6 Å². The summed E-state index contributed by atoms with van der Waals surface area (Å²) in [5.41, 5.74) is 1.58. The summed E-state index contributed by atoms with van der Waals surface area (Å²) in [5, 5.41) is 0.340. The number of aliphatic imine (C=N–C) groups is 1. The van der Waals surface area contributed by atoms with Crippen molar-refractivity contribution in [2.75, 3.05) is 7.05 Å². The van der Waals surface area contributed by atoms with Crippen LogP contribution in [-0.4, -0.2) is 12.2 Å². The Kier molecular flexibility index (Phi) is 2.82. The fraction of sp³-hybridized carbons (Fsp3) is 0.222. The van der Waals surface area contributed by atoms with Crippen molar-refractivity contribution in [3.63, 3.8) is 0 Å². The van der Waals surface area contributed by atoms with Gasteiger partial charge in [-0.05, 0) is 24.6 Å². The van der Waals surface area contributed by atoms with E-state index in [2.05, 4.69) is 4.99 Å². The molecule has 0 saturated carbocycles. The third-order valence-corrected chi connectivity index (χ3v) is 1.99. The van der Waals surface area contributed by atoms with Crippen LogP contribution in [-0.2, 0) is 0 Å². The molecule has 0 atom stereocenters. The molecule has 1 rings (SSSR count). The third-order valence-electron chi connectivity index (χ3n) is 1.62. The molecule has 0 bridgehead atoms. The summed E-state index contributed by atoms with van der Waals surface area (Å²) in [6, 6.07) is 4.46. The maximum atomic E-state index is 12.7. The lowest BCUT2D eigenvalue weighted by Gasteiger charge is -2.01. The highest BCUT2D eigenvalue weighted by atomic mass is 35.5. The van der Waals surface area contributed by atoms with Crippen molar-refractivity contribution in [1.29, 1.82) is 0 Å². The molecule has 1 aromatic carbocycles. The van der Waals surface area contributed by atoms with Gasteiger partial charge in [-0.3, -0.25) is 4.99 Å². The Bertz CT molecular complexity index is 320. The fourth-order valence-corrected chi connectivity index (χ4v) is 1.14. The second-order valence-electron chi connectivity index (χ2n) is 2.47. The smallest absolute Gasteiger partial charge is 0.130 e. The van der Waals surface area contributed by atoms with E-state index in [1.165, 1.54) is 12.1 Å². The second-order valence-corrected chi connectivity index (χ2v) is 2.83. The van der Waals surface area contributed by atoms with Crippen molar-refractivity contribution >= 4 is 16.8 Å². The van der Waals surface area contributed by atoms with E-state index in [0.29, 0.717) is 10.7 Å². The first-order valence-electron chi connectivity index (χ1n) is 3.54. The van der Waals surface area contributed by atoms with Gasteiger partial charge in [0.2, 0.25) is 0 Å². The van der Waals surface area contributed by atoms with Crippen molar-refractivity contribution in [1.82, 2.24) is 0 Å². The number of halogens is 2. The molecule has 1 nitrogen and oxygen atoms in total. The summed E-state index contributed by atoms with van der Waals surface area (Å²) < 4.78 is 12.7. The first-order valence-corrected chi connectivity index (χ1v) is 3.91. The lowest BCUT2D eigenvalue weighted by Crippen LogP contribution is -1.95. The summed E-state index contributed by atoms with van der Waals surface area (Å²) >= 11 is 5.75. The Morgan fingerprint density at radius 3 is 2.75 bits per heavy atom. The van der Waals surface area contributed by atoms with E-state index in [1.54, 1.807) is 13.1 Å². The molecular formula is C9H9ClFN. The third kappa shape index (κ3) is 1.83. The van der Waals surface area contributed by atoms with Crippen LogP contribution in [0.25, 0.3) is 0 Å². The monoisotopic (exact) mass is 185 g/mol. The molecular weight excluding hydrogens is 177 g/mol. The molecule has 0 aliphatic rings. The predicted octanol–water partition coefficient (Wildman–Crippen LogP) is 2.75. The van der Waals surface area contributed by atoms with Crippen molar-refractivity contribution < 1.29 is 4.39 Å². The van der Waals surface area contributed by atoms with Crippen molar-refractivity contribution in [2.45, 2.75) is 6.92 Å². The Morgan fingerprint density at radius 2 is 2.17 bits per heavy atom. The summed E-state index contributed by atoms with van der Waals surface area (Å²) in [4.78, 5) is 3.78. The van der Waals surface area contributed by atoms with Crippen LogP contribution in [0.3, 0.4) is 0 Å². The standard InChI is InChI=1S/C9H9ClFN/c1-6-3-4-7(11)5-8(6)9(10)12-2/h3-5H,1-2H3. The van der Waals surface area contributed by atoms with E-state index in [0.717, 1.165) is 5.56 Å². The van der Waals surface area contributed by atoms with Gasteiger partial charge in [0.05, 0.1) is 0 Å². The molecule has 1 aromatic rings. The van der Waals surface area contributed by atoms with Gasteiger partial charge in [-0.2, -0.15) is 0 Å².